The van der Waals surface area contributed by atoms with Crippen molar-refractivity contribution in [3.05, 3.63) is 166 Å². The average Bonchev–Trinajstić information content (AvgIpc) is 3.19. The van der Waals surface area contributed by atoms with Crippen LogP contribution in [0.1, 0.15) is 25.0 Å². The molecule has 0 N–H and O–H groups in total. The van der Waals surface area contributed by atoms with Gasteiger partial charge >= 0.3 is 0 Å². The molecule has 6 aromatic carbocycles. The van der Waals surface area contributed by atoms with Crippen LogP contribution >= 0.6 is 7.14 Å². The maximum absolute atomic E-state index is 15.8. The molecule has 0 atom stereocenters. The summed E-state index contributed by atoms with van der Waals surface area (Å²) in [6, 6.07) is 28.1. The van der Waals surface area contributed by atoms with Gasteiger partial charge in [-0.3, -0.25) is 0 Å². The molecule has 0 aliphatic carbocycles. The van der Waals surface area contributed by atoms with Crippen LogP contribution in [0.2, 0.25) is 0 Å². The maximum atomic E-state index is 15.8. The maximum Gasteiger partial charge on any atom is 0.200 e. The fourth-order valence-corrected chi connectivity index (χ4v) is 11.6. The van der Waals surface area contributed by atoms with Crippen LogP contribution in [0, 0.1) is 58.2 Å². The van der Waals surface area contributed by atoms with Gasteiger partial charge in [0.2, 0.25) is 0 Å². The second-order valence-electron chi connectivity index (χ2n) is 14.0. The molecule has 0 amide bonds. The number of halogens is 10. The van der Waals surface area contributed by atoms with Crippen LogP contribution in [-0.2, 0) is 5.41 Å². The van der Waals surface area contributed by atoms with Gasteiger partial charge in [-0.05, 0) is 37.0 Å². The van der Waals surface area contributed by atoms with E-state index < -0.39 is 93.8 Å². The third kappa shape index (κ3) is 5.91. The molecule has 0 spiro atoms. The van der Waals surface area contributed by atoms with E-state index in [2.05, 4.69) is 0 Å². The number of benzene rings is 6. The van der Waals surface area contributed by atoms with E-state index in [1.165, 1.54) is 12.1 Å². The lowest BCUT2D eigenvalue weighted by molar-refractivity contribution is 0.382. The van der Waals surface area contributed by atoms with Crippen LogP contribution in [-0.4, -0.2) is 32.8 Å². The number of hydrogen-bond acceptors (Lipinski definition) is 2. The molecule has 3 radical (unpaired) electrons. The van der Waals surface area contributed by atoms with Gasteiger partial charge in [-0.2, -0.15) is 16.4 Å². The second-order valence-corrected chi connectivity index (χ2v) is 17.2. The highest BCUT2D eigenvalue weighted by Gasteiger charge is 2.44. The Hall–Kier alpha value is -5.06. The van der Waals surface area contributed by atoms with Crippen molar-refractivity contribution in [3.63, 3.8) is 0 Å². The Labute approximate surface area is 317 Å². The van der Waals surface area contributed by atoms with Gasteiger partial charge in [0.1, 0.15) is 23.3 Å². The summed E-state index contributed by atoms with van der Waals surface area (Å²) in [6.07, 6.45) is 0. The van der Waals surface area contributed by atoms with Gasteiger partial charge in [-0.25, -0.2) is 43.9 Å². The average molecular weight is 793 g/mol. The van der Waals surface area contributed by atoms with Gasteiger partial charge in [0.25, 0.3) is 0 Å². The van der Waals surface area contributed by atoms with Crippen molar-refractivity contribution in [3.8, 4) is 11.5 Å². The smallest absolute Gasteiger partial charge is 0.200 e. The predicted octanol–water partition coefficient (Wildman–Crippen LogP) is 7.42. The number of fused-ring (bicyclic) bond motifs is 2. The molecule has 15 heteroatoms. The van der Waals surface area contributed by atoms with Crippen molar-refractivity contribution in [1.29, 1.82) is 0 Å². The predicted molar refractivity (Wildman–Crippen MR) is 200 cm³/mol. The van der Waals surface area contributed by atoms with Crippen LogP contribution < -0.4 is 37.0 Å². The molecule has 2 nitrogen and oxygen atoms in total. The fraction of sp³-hybridized carbons (Fsp3) is 0.122. The lowest BCUT2D eigenvalue weighted by Crippen LogP contribution is -2.59. The van der Waals surface area contributed by atoms with E-state index >= 15 is 17.6 Å². The van der Waals surface area contributed by atoms with E-state index in [1.54, 1.807) is 19.9 Å². The Kier molecular flexibility index (Phi) is 10.1. The first-order valence-corrected chi connectivity index (χ1v) is 18.9. The number of para-hydroxylation sites is 2. The summed E-state index contributed by atoms with van der Waals surface area (Å²) in [5, 5.41) is 2.35. The van der Waals surface area contributed by atoms with Gasteiger partial charge < -0.3 is 9.55 Å². The highest BCUT2D eigenvalue weighted by molar-refractivity contribution is 8.16. The van der Waals surface area contributed by atoms with Gasteiger partial charge in [-0.15, -0.1) is 0 Å². The number of rotatable bonds is 8. The first-order valence-electron chi connectivity index (χ1n) is 17.1. The molecule has 0 fully saturated rings. The van der Waals surface area contributed by atoms with E-state index in [-0.39, 0.29) is 17.1 Å². The van der Waals surface area contributed by atoms with Crippen LogP contribution in [0.25, 0.3) is 0 Å². The Bertz CT molecular complexity index is 2350. The Morgan fingerprint density at radius 2 is 0.893 bits per heavy atom. The van der Waals surface area contributed by atoms with Gasteiger partial charge in [0.05, 0.1) is 21.7 Å². The first kappa shape index (κ1) is 39.2. The van der Waals surface area contributed by atoms with E-state index in [1.807, 2.05) is 98.8 Å². The number of ether oxygens (including phenoxy) is 1. The molecule has 7 rings (SSSR count). The summed E-state index contributed by atoms with van der Waals surface area (Å²) in [6.45, 7) is 0.695. The zero-order valence-corrected chi connectivity index (χ0v) is 30.9. The quantitative estimate of drug-likeness (QED) is 0.0524. The Morgan fingerprint density at radius 1 is 0.500 bits per heavy atom. The highest BCUT2D eigenvalue weighted by atomic mass is 31.2. The van der Waals surface area contributed by atoms with E-state index in [4.69, 9.17) is 4.74 Å². The van der Waals surface area contributed by atoms with E-state index in [0.717, 1.165) is 16.7 Å². The topological polar surface area (TPSA) is 12.5 Å². The lowest BCUT2D eigenvalue weighted by atomic mass is 9.35. The summed E-state index contributed by atoms with van der Waals surface area (Å²) >= 11 is 0. The van der Waals surface area contributed by atoms with Crippen LogP contribution in [0.5, 0.6) is 11.5 Å². The molecule has 285 valence electrons. The molecular formula is C41H28B2F10NOP-. The van der Waals surface area contributed by atoms with Crippen molar-refractivity contribution >= 4 is 53.3 Å². The normalized spacial score (nSPS) is 13.5. The van der Waals surface area contributed by atoms with Gasteiger partial charge in [-0.1, -0.05) is 102 Å². The molecule has 0 saturated heterocycles. The molecule has 0 bridgehead atoms. The summed E-state index contributed by atoms with van der Waals surface area (Å²) in [5.74, 6) is -25.5. The van der Waals surface area contributed by atoms with Crippen molar-refractivity contribution < 1.29 is 48.6 Å². The number of hydrogen-bond donors (Lipinski definition) is 0. The van der Waals surface area contributed by atoms with Crippen molar-refractivity contribution in [2.75, 3.05) is 14.1 Å². The number of nitrogens with zero attached hydrogens (tertiary/aromatic N) is 1. The minimum atomic E-state index is -2.91. The monoisotopic (exact) mass is 793 g/mol. The standard InChI is InChI=1S/C41H28B2F10NOP/c1-41(2)23-17-11-19-25(43(27-29(44)33(48)37(52)34(49)30(27)45)28-31(46)35(50)38(53)36(51)32(28)47)39(23)55-40-24(41)18-12-20-26(40)56(42-54(3)4,21-13-7-5-8-14-21)22-15-9-6-10-16-22/h5-20H,1-4H3/q-1. The molecule has 1 heterocycles. The van der Waals surface area contributed by atoms with Crippen LogP contribution in [0.3, 0.4) is 0 Å². The van der Waals surface area contributed by atoms with Crippen molar-refractivity contribution in [2.24, 2.45) is 0 Å². The molecule has 0 saturated carbocycles. The van der Waals surface area contributed by atoms with Crippen molar-refractivity contribution in [2.45, 2.75) is 19.3 Å². The molecule has 1 aliphatic heterocycles. The fourth-order valence-electron chi connectivity index (χ4n) is 7.54. The zero-order chi connectivity index (χ0) is 40.4. The summed E-state index contributed by atoms with van der Waals surface area (Å²) in [7, 11) is 2.81. The third-order valence-corrected chi connectivity index (χ3v) is 14.2. The summed E-state index contributed by atoms with van der Waals surface area (Å²) in [4.78, 5) is 1.88. The molecule has 56 heavy (non-hydrogen) atoms. The molecule has 1 aliphatic rings. The summed E-state index contributed by atoms with van der Waals surface area (Å²) < 4.78 is 158. The Morgan fingerprint density at radius 3 is 1.32 bits per heavy atom. The van der Waals surface area contributed by atoms with E-state index in [9.17, 15) is 26.3 Å². The van der Waals surface area contributed by atoms with E-state index in [0.29, 0.717) is 10.9 Å². The minimum Gasteiger partial charge on any atom is -0.494 e. The lowest BCUT2D eigenvalue weighted by Gasteiger charge is -2.45. The van der Waals surface area contributed by atoms with Crippen LogP contribution in [0.15, 0.2) is 97.1 Å². The molecule has 6 aromatic rings. The third-order valence-electron chi connectivity index (χ3n) is 10.1. The van der Waals surface area contributed by atoms with Crippen LogP contribution in [0.4, 0.5) is 43.9 Å². The first-order chi connectivity index (χ1) is 26.5. The Balaban J connectivity index is 1.60. The molecular weight excluding hydrogens is 765 g/mol. The SMILES string of the molecule is CN(C)[B-][P+](c1ccccc1)(c1ccccc1)c1cccc2c1Oc1c([B-](c3c(F)c(F)c(F)c(F)c3F)c3c(F)c(F)c(F)c(F)c3F)cccc1C2(C)C. The zero-order valence-electron chi connectivity index (χ0n) is 30.0. The largest absolute Gasteiger partial charge is 0.494 e. The van der Waals surface area contributed by atoms with Gasteiger partial charge in [0.15, 0.2) is 40.7 Å². The van der Waals surface area contributed by atoms with Gasteiger partial charge in [0, 0.05) is 23.7 Å². The van der Waals surface area contributed by atoms with Crippen molar-refractivity contribution in [1.82, 2.24) is 4.81 Å². The second kappa shape index (κ2) is 14.5. The summed E-state index contributed by atoms with van der Waals surface area (Å²) in [5.41, 5.74) is -4.65. The minimum absolute atomic E-state index is 0.199. The molecule has 0 aromatic heterocycles. The highest BCUT2D eigenvalue weighted by Crippen LogP contribution is 2.59. The molecule has 0 unspecified atom stereocenters.